The Balaban J connectivity index is 1.57. The molecule has 130 valence electrons. The molecule has 0 spiro atoms. The van der Waals surface area contributed by atoms with E-state index in [2.05, 4.69) is 5.32 Å². The summed E-state index contributed by atoms with van der Waals surface area (Å²) in [4.78, 5) is 24.0. The van der Waals surface area contributed by atoms with Gasteiger partial charge in [0.25, 0.3) is 5.91 Å². The second kappa shape index (κ2) is 8.19. The number of halogens is 1. The maximum absolute atomic E-state index is 12.0. The monoisotopic (exact) mass is 453 g/mol. The summed E-state index contributed by atoms with van der Waals surface area (Å²) < 4.78 is 17.0. The predicted octanol–water partition coefficient (Wildman–Crippen LogP) is 3.25. The third-order valence-corrected chi connectivity index (χ3v) is 4.40. The summed E-state index contributed by atoms with van der Waals surface area (Å²) in [5.41, 5.74) is 0.992. The third-order valence-electron chi connectivity index (χ3n) is 3.46. The van der Waals surface area contributed by atoms with Crippen LogP contribution in [0.3, 0.4) is 0 Å². The van der Waals surface area contributed by atoms with Crippen molar-refractivity contribution in [1.29, 1.82) is 0 Å². The van der Waals surface area contributed by atoms with Crippen molar-refractivity contribution in [1.82, 2.24) is 0 Å². The van der Waals surface area contributed by atoms with E-state index in [1.807, 2.05) is 28.7 Å². The van der Waals surface area contributed by atoms with Gasteiger partial charge in [0, 0.05) is 21.7 Å². The highest BCUT2D eigenvalue weighted by atomic mass is 127. The second-order valence-corrected chi connectivity index (χ2v) is 6.48. The van der Waals surface area contributed by atoms with Crippen LogP contribution in [0.5, 0.6) is 11.5 Å². The summed E-state index contributed by atoms with van der Waals surface area (Å²) in [6, 6.07) is 12.2. The molecule has 1 N–H and O–H groups in total. The minimum absolute atomic E-state index is 0.363. The normalized spacial score (nSPS) is 12.8. The van der Waals surface area contributed by atoms with E-state index in [1.165, 1.54) is 0 Å². The Morgan fingerprint density at radius 1 is 1.08 bits per heavy atom. The summed E-state index contributed by atoms with van der Waals surface area (Å²) in [7, 11) is 0. The molecule has 1 aliphatic rings. The molecule has 6 nitrogen and oxygen atoms in total. The molecule has 0 aliphatic carbocycles. The number of carbonyl (C=O) groups excluding carboxylic acids is 2. The van der Waals surface area contributed by atoms with E-state index in [-0.39, 0.29) is 6.61 Å². The van der Waals surface area contributed by atoms with E-state index in [9.17, 15) is 9.59 Å². The zero-order valence-corrected chi connectivity index (χ0v) is 15.4. The van der Waals surface area contributed by atoms with Gasteiger partial charge in [0.1, 0.15) is 0 Å². The molecule has 7 heteroatoms. The first-order valence-corrected chi connectivity index (χ1v) is 8.82. The number of hydrogen-bond donors (Lipinski definition) is 1. The quantitative estimate of drug-likeness (QED) is 0.569. The lowest BCUT2D eigenvalue weighted by atomic mass is 10.2. The third kappa shape index (κ3) is 4.62. The Bertz CT molecular complexity index is 793. The smallest absolute Gasteiger partial charge is 0.339 e. The zero-order chi connectivity index (χ0) is 17.6. The van der Waals surface area contributed by atoms with Crippen molar-refractivity contribution in [2.75, 3.05) is 25.1 Å². The fourth-order valence-electron chi connectivity index (χ4n) is 2.27. The highest BCUT2D eigenvalue weighted by Crippen LogP contribution is 2.32. The molecule has 2 aromatic rings. The molecule has 0 radical (unpaired) electrons. The van der Waals surface area contributed by atoms with E-state index in [0.717, 1.165) is 9.99 Å². The number of rotatable bonds is 4. The van der Waals surface area contributed by atoms with E-state index >= 15 is 0 Å². The van der Waals surface area contributed by atoms with Crippen molar-refractivity contribution in [3.63, 3.8) is 0 Å². The minimum atomic E-state index is -0.529. The maximum atomic E-state index is 12.0. The molecule has 25 heavy (non-hydrogen) atoms. The number of hydrogen-bond acceptors (Lipinski definition) is 5. The molecule has 1 heterocycles. The number of nitrogens with one attached hydrogen (secondary N) is 1. The molecule has 1 amide bonds. The molecule has 3 rings (SSSR count). The Morgan fingerprint density at radius 2 is 1.84 bits per heavy atom. The van der Waals surface area contributed by atoms with Gasteiger partial charge in [-0.05, 0) is 46.9 Å². The van der Waals surface area contributed by atoms with Gasteiger partial charge in [0.15, 0.2) is 18.1 Å². The molecule has 2 aromatic carbocycles. The van der Waals surface area contributed by atoms with Crippen LogP contribution in [0.1, 0.15) is 16.8 Å². The van der Waals surface area contributed by atoms with Crippen molar-refractivity contribution in [2.24, 2.45) is 0 Å². The molecular weight excluding hydrogens is 437 g/mol. The lowest BCUT2D eigenvalue weighted by Crippen LogP contribution is -2.21. The largest absolute Gasteiger partial charge is 0.490 e. The molecule has 0 fully saturated rings. The first-order chi connectivity index (χ1) is 12.1. The van der Waals surface area contributed by atoms with Gasteiger partial charge in [-0.1, -0.05) is 12.1 Å². The number of esters is 1. The topological polar surface area (TPSA) is 73.9 Å². The molecule has 0 saturated carbocycles. The number of anilines is 1. The van der Waals surface area contributed by atoms with Gasteiger partial charge in [-0.15, -0.1) is 0 Å². The maximum Gasteiger partial charge on any atom is 0.339 e. The SMILES string of the molecule is O=C(COC(=O)c1ccccc1I)Nc1ccc2c(c1)OCCCO2. The van der Waals surface area contributed by atoms with E-state index in [4.69, 9.17) is 14.2 Å². The van der Waals surface area contributed by atoms with Crippen molar-refractivity contribution >= 4 is 40.2 Å². The van der Waals surface area contributed by atoms with Gasteiger partial charge in [-0.2, -0.15) is 0 Å². The lowest BCUT2D eigenvalue weighted by molar-refractivity contribution is -0.119. The van der Waals surface area contributed by atoms with Crippen molar-refractivity contribution in [2.45, 2.75) is 6.42 Å². The number of carbonyl (C=O) groups is 2. The summed E-state index contributed by atoms with van der Waals surface area (Å²) >= 11 is 2.05. The van der Waals surface area contributed by atoms with E-state index in [1.54, 1.807) is 36.4 Å². The van der Waals surface area contributed by atoms with E-state index in [0.29, 0.717) is 36.0 Å². The van der Waals surface area contributed by atoms with Crippen molar-refractivity contribution < 1.29 is 23.8 Å². The molecule has 0 saturated heterocycles. The first-order valence-electron chi connectivity index (χ1n) is 7.74. The van der Waals surface area contributed by atoms with Gasteiger partial charge in [-0.25, -0.2) is 4.79 Å². The number of fused-ring (bicyclic) bond motifs is 1. The van der Waals surface area contributed by atoms with Gasteiger partial charge in [0.05, 0.1) is 18.8 Å². The number of amides is 1. The second-order valence-electron chi connectivity index (χ2n) is 5.32. The molecule has 0 unspecified atom stereocenters. The fraction of sp³-hybridized carbons (Fsp3) is 0.222. The Labute approximate surface area is 158 Å². The summed E-state index contributed by atoms with van der Waals surface area (Å²) in [5.74, 6) is 0.291. The van der Waals surface area contributed by atoms with Gasteiger partial charge in [0.2, 0.25) is 0 Å². The minimum Gasteiger partial charge on any atom is -0.490 e. The van der Waals surface area contributed by atoms with Crippen LogP contribution in [0, 0.1) is 3.57 Å². The highest BCUT2D eigenvalue weighted by Gasteiger charge is 2.14. The Morgan fingerprint density at radius 3 is 2.64 bits per heavy atom. The average molecular weight is 453 g/mol. The van der Waals surface area contributed by atoms with Gasteiger partial charge in [-0.3, -0.25) is 4.79 Å². The highest BCUT2D eigenvalue weighted by molar-refractivity contribution is 14.1. The Hall–Kier alpha value is -2.29. The van der Waals surface area contributed by atoms with E-state index < -0.39 is 11.9 Å². The molecule has 0 bridgehead atoms. The van der Waals surface area contributed by atoms with Crippen LogP contribution in [0.2, 0.25) is 0 Å². The van der Waals surface area contributed by atoms with Crippen molar-refractivity contribution in [3.8, 4) is 11.5 Å². The van der Waals surface area contributed by atoms with Gasteiger partial charge < -0.3 is 19.5 Å². The van der Waals surface area contributed by atoms with Crippen LogP contribution >= 0.6 is 22.6 Å². The van der Waals surface area contributed by atoms with Crippen LogP contribution in [-0.4, -0.2) is 31.7 Å². The van der Waals surface area contributed by atoms with Crippen molar-refractivity contribution in [3.05, 3.63) is 51.6 Å². The van der Waals surface area contributed by atoms with Crippen LogP contribution in [0.4, 0.5) is 5.69 Å². The average Bonchev–Trinajstić information content (AvgIpc) is 2.85. The summed E-state index contributed by atoms with van der Waals surface area (Å²) in [6.45, 7) is 0.808. The summed E-state index contributed by atoms with van der Waals surface area (Å²) in [5, 5.41) is 2.68. The van der Waals surface area contributed by atoms with Crippen LogP contribution in [-0.2, 0) is 9.53 Å². The Kier molecular flexibility index (Phi) is 5.75. The predicted molar refractivity (Wildman–Crippen MR) is 100 cm³/mol. The summed E-state index contributed by atoms with van der Waals surface area (Å²) in [6.07, 6.45) is 0.810. The molecular formula is C18H16INO5. The fourth-order valence-corrected chi connectivity index (χ4v) is 2.88. The molecule has 0 atom stereocenters. The lowest BCUT2D eigenvalue weighted by Gasteiger charge is -2.11. The van der Waals surface area contributed by atoms with Gasteiger partial charge >= 0.3 is 5.97 Å². The van der Waals surface area contributed by atoms with Crippen LogP contribution < -0.4 is 14.8 Å². The molecule has 1 aliphatic heterocycles. The standard InChI is InChI=1S/C18H16INO5/c19-14-5-2-1-4-13(14)18(22)25-11-17(21)20-12-6-7-15-16(10-12)24-9-3-8-23-15/h1-2,4-7,10H,3,8-9,11H2,(H,20,21). The number of benzene rings is 2. The first kappa shape index (κ1) is 17.5. The molecule has 0 aromatic heterocycles. The van der Waals surface area contributed by atoms with Crippen LogP contribution in [0.25, 0.3) is 0 Å². The van der Waals surface area contributed by atoms with Crippen LogP contribution in [0.15, 0.2) is 42.5 Å². The number of ether oxygens (including phenoxy) is 3. The zero-order valence-electron chi connectivity index (χ0n) is 13.3.